The van der Waals surface area contributed by atoms with Gasteiger partial charge in [-0.2, -0.15) is 0 Å². The van der Waals surface area contributed by atoms with Crippen LogP contribution in [0.5, 0.6) is 0 Å². The van der Waals surface area contributed by atoms with E-state index in [0.717, 1.165) is 12.3 Å². The Balaban J connectivity index is -0.000000272. The smallest absolute Gasteiger partial charge is 0.0305 e. The first kappa shape index (κ1) is 26.1. The van der Waals surface area contributed by atoms with E-state index >= 15 is 0 Å². The lowest BCUT2D eigenvalue weighted by atomic mass is 10.0. The molecule has 0 aliphatic carbocycles. The largest absolute Gasteiger partial charge is 0.0683 e. The molecule has 0 aromatic heterocycles. The molecule has 1 rings (SSSR count). The van der Waals surface area contributed by atoms with E-state index in [1.54, 1.807) is 0 Å². The summed E-state index contributed by atoms with van der Waals surface area (Å²) in [7, 11) is 0. The summed E-state index contributed by atoms with van der Waals surface area (Å²) in [6, 6.07) is 6.61. The van der Waals surface area contributed by atoms with Crippen LogP contribution in [0.4, 0.5) is 0 Å². The predicted molar refractivity (Wildman–Crippen MR) is 107 cm³/mol. The van der Waals surface area contributed by atoms with Crippen LogP contribution in [0.1, 0.15) is 97.8 Å². The van der Waals surface area contributed by atoms with Crippen molar-refractivity contribution in [1.29, 1.82) is 0 Å². The molecule has 0 spiro atoms. The summed E-state index contributed by atoms with van der Waals surface area (Å²) in [5.74, 6) is 0.963. The Kier molecular flexibility index (Phi) is 24.0. The molecule has 0 aliphatic heterocycles. The molecule has 0 heterocycles. The molecule has 0 saturated carbocycles. The standard InChI is InChI=1S/C10H14.C8H18.2C2H6/c1-4-10-7-8(2)5-6-9(10)3;1-4-6-8(3)7-5-2;2*1-2/h5-7H,4H2,1-3H3;8H,4-7H2,1-3H3;2*1-2H3. The zero-order valence-corrected chi connectivity index (χ0v) is 17.3. The van der Waals surface area contributed by atoms with Crippen LogP contribution in [0.2, 0.25) is 0 Å². The second kappa shape index (κ2) is 20.2. The second-order valence-electron chi connectivity index (χ2n) is 5.47. The molecule has 1 aromatic rings. The third kappa shape index (κ3) is 15.6. The second-order valence-corrected chi connectivity index (χ2v) is 5.47. The van der Waals surface area contributed by atoms with E-state index in [-0.39, 0.29) is 0 Å². The van der Waals surface area contributed by atoms with Crippen LogP contribution in [-0.2, 0) is 6.42 Å². The van der Waals surface area contributed by atoms with E-state index in [1.807, 2.05) is 27.7 Å². The van der Waals surface area contributed by atoms with Crippen molar-refractivity contribution in [1.82, 2.24) is 0 Å². The topological polar surface area (TPSA) is 0 Å². The van der Waals surface area contributed by atoms with Crippen LogP contribution >= 0.6 is 0 Å². The van der Waals surface area contributed by atoms with Crippen LogP contribution < -0.4 is 0 Å². The first-order valence-corrected chi connectivity index (χ1v) is 9.61. The number of aryl methyl sites for hydroxylation is 3. The average Bonchev–Trinajstić information content (AvgIpc) is 2.55. The quantitative estimate of drug-likeness (QED) is 0.515. The van der Waals surface area contributed by atoms with Crippen molar-refractivity contribution in [3.63, 3.8) is 0 Å². The highest BCUT2D eigenvalue weighted by Gasteiger charge is 1.96. The zero-order chi connectivity index (χ0) is 18.0. The van der Waals surface area contributed by atoms with Gasteiger partial charge in [0.15, 0.2) is 0 Å². The van der Waals surface area contributed by atoms with Crippen LogP contribution in [0.3, 0.4) is 0 Å². The fraction of sp³-hybridized carbons (Fsp3) is 0.727. The van der Waals surface area contributed by atoms with Gasteiger partial charge in [0.05, 0.1) is 0 Å². The molecule has 1 aromatic carbocycles. The van der Waals surface area contributed by atoms with E-state index in [0.29, 0.717) is 0 Å². The summed E-state index contributed by atoms with van der Waals surface area (Å²) < 4.78 is 0. The molecule has 0 saturated heterocycles. The highest BCUT2D eigenvalue weighted by atomic mass is 14.0. The Hall–Kier alpha value is -0.780. The number of rotatable bonds is 5. The molecule has 0 unspecified atom stereocenters. The van der Waals surface area contributed by atoms with Gasteiger partial charge in [-0.05, 0) is 37.3 Å². The van der Waals surface area contributed by atoms with Crippen molar-refractivity contribution >= 4 is 0 Å². The summed E-state index contributed by atoms with van der Waals surface area (Å²) >= 11 is 0. The summed E-state index contributed by atoms with van der Waals surface area (Å²) in [5, 5.41) is 0. The molecule has 0 amide bonds. The molecule has 0 aliphatic rings. The van der Waals surface area contributed by atoms with Crippen LogP contribution in [-0.4, -0.2) is 0 Å². The third-order valence-corrected chi connectivity index (χ3v) is 3.45. The van der Waals surface area contributed by atoms with Crippen molar-refractivity contribution < 1.29 is 0 Å². The van der Waals surface area contributed by atoms with Gasteiger partial charge in [-0.3, -0.25) is 0 Å². The van der Waals surface area contributed by atoms with E-state index in [9.17, 15) is 0 Å². The average molecular weight is 309 g/mol. The fourth-order valence-corrected chi connectivity index (χ4v) is 2.31. The molecule has 0 bridgehead atoms. The Morgan fingerprint density at radius 1 is 0.818 bits per heavy atom. The van der Waals surface area contributed by atoms with Crippen LogP contribution in [0, 0.1) is 19.8 Å². The molecule has 0 atom stereocenters. The van der Waals surface area contributed by atoms with Gasteiger partial charge in [0.1, 0.15) is 0 Å². The van der Waals surface area contributed by atoms with Gasteiger partial charge >= 0.3 is 0 Å². The molecule has 0 heteroatoms. The third-order valence-electron chi connectivity index (χ3n) is 3.45. The Morgan fingerprint density at radius 2 is 1.27 bits per heavy atom. The van der Waals surface area contributed by atoms with Crippen LogP contribution in [0.25, 0.3) is 0 Å². The Labute approximate surface area is 142 Å². The maximum absolute atomic E-state index is 2.34. The van der Waals surface area contributed by atoms with Gasteiger partial charge in [0, 0.05) is 0 Å². The van der Waals surface area contributed by atoms with Gasteiger partial charge in [0.2, 0.25) is 0 Å². The molecule has 132 valence electrons. The minimum absolute atomic E-state index is 0.963. The molecule has 0 radical (unpaired) electrons. The summed E-state index contributed by atoms with van der Waals surface area (Å²) in [6.07, 6.45) is 6.66. The molecular formula is C22H44. The lowest BCUT2D eigenvalue weighted by molar-refractivity contribution is 0.480. The minimum atomic E-state index is 0.963. The molecule has 0 N–H and O–H groups in total. The van der Waals surface area contributed by atoms with Gasteiger partial charge < -0.3 is 0 Å². The van der Waals surface area contributed by atoms with Gasteiger partial charge in [0.25, 0.3) is 0 Å². The lowest BCUT2D eigenvalue weighted by Crippen LogP contribution is -1.91. The van der Waals surface area contributed by atoms with Crippen molar-refractivity contribution in [2.24, 2.45) is 5.92 Å². The van der Waals surface area contributed by atoms with E-state index in [1.165, 1.54) is 42.4 Å². The van der Waals surface area contributed by atoms with E-state index in [2.05, 4.69) is 59.7 Å². The summed E-state index contributed by atoms with van der Waals surface area (Å²) in [4.78, 5) is 0. The van der Waals surface area contributed by atoms with Crippen LogP contribution in [0.15, 0.2) is 18.2 Å². The number of hydrogen-bond donors (Lipinski definition) is 0. The lowest BCUT2D eigenvalue weighted by Gasteiger charge is -2.05. The van der Waals surface area contributed by atoms with Crippen molar-refractivity contribution in [2.45, 2.75) is 101 Å². The molecule has 22 heavy (non-hydrogen) atoms. The predicted octanol–water partition coefficient (Wildman–Crippen LogP) is 8.14. The van der Waals surface area contributed by atoms with Gasteiger partial charge in [-0.25, -0.2) is 0 Å². The minimum Gasteiger partial charge on any atom is -0.0683 e. The van der Waals surface area contributed by atoms with E-state index < -0.39 is 0 Å². The zero-order valence-electron chi connectivity index (χ0n) is 17.3. The first-order valence-electron chi connectivity index (χ1n) is 9.61. The van der Waals surface area contributed by atoms with Crippen molar-refractivity contribution in [2.75, 3.05) is 0 Å². The molecule has 0 fully saturated rings. The van der Waals surface area contributed by atoms with Gasteiger partial charge in [-0.1, -0.05) is 105 Å². The van der Waals surface area contributed by atoms with Crippen molar-refractivity contribution in [3.05, 3.63) is 34.9 Å². The first-order chi connectivity index (χ1) is 10.5. The highest BCUT2D eigenvalue weighted by molar-refractivity contribution is 5.30. The Morgan fingerprint density at radius 3 is 1.59 bits per heavy atom. The molecule has 0 nitrogen and oxygen atoms in total. The number of benzene rings is 1. The summed E-state index contributed by atoms with van der Waals surface area (Å²) in [5.41, 5.74) is 4.25. The van der Waals surface area contributed by atoms with E-state index in [4.69, 9.17) is 0 Å². The number of hydrogen-bond acceptors (Lipinski definition) is 0. The molecular weight excluding hydrogens is 264 g/mol. The monoisotopic (exact) mass is 308 g/mol. The fourth-order valence-electron chi connectivity index (χ4n) is 2.31. The maximum atomic E-state index is 2.34. The SMILES string of the molecule is CC.CC.CCCC(C)CCC.CCc1cc(C)ccc1C. The van der Waals surface area contributed by atoms with Gasteiger partial charge in [-0.15, -0.1) is 0 Å². The van der Waals surface area contributed by atoms with Crippen molar-refractivity contribution in [3.8, 4) is 0 Å². The maximum Gasteiger partial charge on any atom is -0.0305 e. The highest BCUT2D eigenvalue weighted by Crippen LogP contribution is 2.11. The normalized spacial score (nSPS) is 8.86. The Bertz CT molecular complexity index is 306. The summed E-state index contributed by atoms with van der Waals surface area (Å²) in [6.45, 7) is 21.4.